The Balaban J connectivity index is 2.01. The molecule has 2 rings (SSSR count). The van der Waals surface area contributed by atoms with Crippen molar-refractivity contribution < 1.29 is 5.11 Å². The number of aliphatic hydroxyl groups is 1. The minimum Gasteiger partial charge on any atom is -0.388 e. The fraction of sp³-hybridized carbons (Fsp3) is 0.636. The second-order valence-corrected chi connectivity index (χ2v) is 5.57. The highest BCUT2D eigenvalue weighted by molar-refractivity contribution is 7.11. The molecule has 0 bridgehead atoms. The van der Waals surface area contributed by atoms with Crippen molar-refractivity contribution >= 4 is 11.3 Å². The third-order valence-electron chi connectivity index (χ3n) is 2.75. The summed E-state index contributed by atoms with van der Waals surface area (Å²) in [6, 6.07) is 4.26. The molecule has 1 aliphatic heterocycles. The van der Waals surface area contributed by atoms with Gasteiger partial charge in [0, 0.05) is 22.7 Å². The summed E-state index contributed by atoms with van der Waals surface area (Å²) in [4.78, 5) is 2.63. The van der Waals surface area contributed by atoms with E-state index in [1.54, 1.807) is 11.3 Å². The topological polar surface area (TPSA) is 32.3 Å². The van der Waals surface area contributed by atoms with Gasteiger partial charge in [-0.05, 0) is 38.4 Å². The Morgan fingerprint density at radius 2 is 2.43 bits per heavy atom. The van der Waals surface area contributed by atoms with E-state index in [-0.39, 0.29) is 0 Å². The quantitative estimate of drug-likeness (QED) is 0.780. The first-order chi connectivity index (χ1) is 6.68. The number of hydrogen-bond donors (Lipinski definition) is 2. The summed E-state index contributed by atoms with van der Waals surface area (Å²) in [5.74, 6) is 0. The van der Waals surface area contributed by atoms with Crippen LogP contribution in [0.25, 0.3) is 0 Å². The van der Waals surface area contributed by atoms with Crippen LogP contribution in [0.2, 0.25) is 0 Å². The van der Waals surface area contributed by atoms with Crippen LogP contribution < -0.4 is 5.32 Å². The maximum absolute atomic E-state index is 10.3. The number of piperidine rings is 1. The lowest BCUT2D eigenvalue weighted by molar-refractivity contribution is 0.0176. The van der Waals surface area contributed by atoms with Crippen LogP contribution in [0.3, 0.4) is 0 Å². The van der Waals surface area contributed by atoms with Crippen molar-refractivity contribution in [3.8, 4) is 0 Å². The molecule has 0 amide bonds. The molecule has 1 aromatic rings. The highest BCUT2D eigenvalue weighted by atomic mass is 32.1. The lowest BCUT2D eigenvalue weighted by Crippen LogP contribution is -2.46. The van der Waals surface area contributed by atoms with E-state index in [4.69, 9.17) is 0 Å². The van der Waals surface area contributed by atoms with Crippen molar-refractivity contribution in [2.24, 2.45) is 0 Å². The van der Waals surface area contributed by atoms with E-state index >= 15 is 0 Å². The number of thiophene rings is 1. The van der Waals surface area contributed by atoms with Gasteiger partial charge < -0.3 is 10.4 Å². The minimum absolute atomic E-state index is 0.504. The average molecular weight is 211 g/mol. The maximum Gasteiger partial charge on any atom is 0.0820 e. The first-order valence-electron chi connectivity index (χ1n) is 5.16. The molecule has 2 nitrogen and oxygen atoms in total. The van der Waals surface area contributed by atoms with E-state index in [1.807, 2.05) is 0 Å². The molecule has 0 aliphatic carbocycles. The molecule has 1 aromatic heterocycles. The zero-order valence-corrected chi connectivity index (χ0v) is 9.36. The van der Waals surface area contributed by atoms with Crippen LogP contribution in [0.15, 0.2) is 12.1 Å². The van der Waals surface area contributed by atoms with Gasteiger partial charge in [-0.1, -0.05) is 0 Å². The molecule has 1 saturated heterocycles. The van der Waals surface area contributed by atoms with Crippen molar-refractivity contribution in [2.75, 3.05) is 13.1 Å². The first kappa shape index (κ1) is 10.1. The molecule has 1 unspecified atom stereocenters. The molecule has 0 radical (unpaired) electrons. The van der Waals surface area contributed by atoms with Gasteiger partial charge in [0.15, 0.2) is 0 Å². The van der Waals surface area contributed by atoms with Gasteiger partial charge in [0.25, 0.3) is 0 Å². The monoisotopic (exact) mass is 211 g/mol. The van der Waals surface area contributed by atoms with E-state index < -0.39 is 5.60 Å². The molecule has 1 fully saturated rings. The molecule has 1 atom stereocenters. The SMILES string of the molecule is Cc1ccc(CC2(O)CCCNC2)s1. The maximum atomic E-state index is 10.3. The molecule has 1 aliphatic rings. The Labute approximate surface area is 89.0 Å². The van der Waals surface area contributed by atoms with E-state index in [0.29, 0.717) is 0 Å². The van der Waals surface area contributed by atoms with E-state index in [2.05, 4.69) is 24.4 Å². The molecule has 3 heteroatoms. The highest BCUT2D eigenvalue weighted by Gasteiger charge is 2.29. The van der Waals surface area contributed by atoms with Gasteiger partial charge in [0.05, 0.1) is 5.60 Å². The molecular formula is C11H17NOS. The highest BCUT2D eigenvalue weighted by Crippen LogP contribution is 2.25. The smallest absolute Gasteiger partial charge is 0.0820 e. The van der Waals surface area contributed by atoms with Gasteiger partial charge in [-0.3, -0.25) is 0 Å². The van der Waals surface area contributed by atoms with Gasteiger partial charge in [0.1, 0.15) is 0 Å². The third kappa shape index (κ3) is 2.35. The summed E-state index contributed by atoms with van der Waals surface area (Å²) in [5, 5.41) is 13.5. The standard InChI is InChI=1S/C11H17NOS/c1-9-3-4-10(14-9)7-11(13)5-2-6-12-8-11/h3-4,12-13H,2,5-8H2,1H3. The second-order valence-electron chi connectivity index (χ2n) is 4.19. The fourth-order valence-electron chi connectivity index (χ4n) is 2.01. The summed E-state index contributed by atoms with van der Waals surface area (Å²) in [6.45, 7) is 3.90. The number of β-amino-alcohol motifs (C(OH)–C–C–N with tert-alkyl or cyclic N) is 1. The first-order valence-corrected chi connectivity index (χ1v) is 5.98. The Morgan fingerprint density at radius 1 is 1.57 bits per heavy atom. The predicted octanol–water partition coefficient (Wildman–Crippen LogP) is 1.71. The van der Waals surface area contributed by atoms with Crippen LogP contribution in [0, 0.1) is 6.92 Å². The number of rotatable bonds is 2. The normalized spacial score (nSPS) is 27.9. The van der Waals surface area contributed by atoms with Gasteiger partial charge in [0.2, 0.25) is 0 Å². The lowest BCUT2D eigenvalue weighted by Gasteiger charge is -2.32. The number of hydrogen-bond acceptors (Lipinski definition) is 3. The van der Waals surface area contributed by atoms with Crippen LogP contribution in [-0.2, 0) is 6.42 Å². The molecule has 2 N–H and O–H groups in total. The predicted molar refractivity (Wildman–Crippen MR) is 59.8 cm³/mol. The van der Waals surface area contributed by atoms with Crippen LogP contribution in [-0.4, -0.2) is 23.8 Å². The van der Waals surface area contributed by atoms with Crippen LogP contribution in [0.1, 0.15) is 22.6 Å². The van der Waals surface area contributed by atoms with Gasteiger partial charge in [-0.25, -0.2) is 0 Å². The molecule has 78 valence electrons. The molecular weight excluding hydrogens is 194 g/mol. The third-order valence-corrected chi connectivity index (χ3v) is 3.75. The van der Waals surface area contributed by atoms with Crippen LogP contribution >= 0.6 is 11.3 Å². The Morgan fingerprint density at radius 3 is 3.00 bits per heavy atom. The second kappa shape index (κ2) is 4.01. The number of aryl methyl sites for hydroxylation is 1. The molecule has 2 heterocycles. The molecule has 0 saturated carbocycles. The summed E-state index contributed by atoms with van der Waals surface area (Å²) in [5.41, 5.74) is -0.504. The minimum atomic E-state index is -0.504. The van der Waals surface area contributed by atoms with Crippen molar-refractivity contribution in [3.05, 3.63) is 21.9 Å². The van der Waals surface area contributed by atoms with E-state index in [9.17, 15) is 5.11 Å². The summed E-state index contributed by atoms with van der Waals surface area (Å²) in [6.07, 6.45) is 2.82. The van der Waals surface area contributed by atoms with E-state index in [0.717, 1.165) is 32.4 Å². The van der Waals surface area contributed by atoms with Crippen molar-refractivity contribution in [3.63, 3.8) is 0 Å². The number of nitrogens with one attached hydrogen (secondary N) is 1. The Hall–Kier alpha value is -0.380. The fourth-order valence-corrected chi connectivity index (χ4v) is 3.03. The molecule has 0 aromatic carbocycles. The largest absolute Gasteiger partial charge is 0.388 e. The van der Waals surface area contributed by atoms with Gasteiger partial charge in [-0.15, -0.1) is 11.3 Å². The molecule has 0 spiro atoms. The van der Waals surface area contributed by atoms with Crippen molar-refractivity contribution in [2.45, 2.75) is 31.8 Å². The molecule has 14 heavy (non-hydrogen) atoms. The zero-order valence-electron chi connectivity index (χ0n) is 8.55. The van der Waals surface area contributed by atoms with Gasteiger partial charge in [-0.2, -0.15) is 0 Å². The van der Waals surface area contributed by atoms with Crippen molar-refractivity contribution in [1.29, 1.82) is 0 Å². The van der Waals surface area contributed by atoms with E-state index in [1.165, 1.54) is 9.75 Å². The van der Waals surface area contributed by atoms with Crippen LogP contribution in [0.5, 0.6) is 0 Å². The average Bonchev–Trinajstić information content (AvgIpc) is 2.51. The van der Waals surface area contributed by atoms with Crippen LogP contribution in [0.4, 0.5) is 0 Å². The van der Waals surface area contributed by atoms with Gasteiger partial charge >= 0.3 is 0 Å². The van der Waals surface area contributed by atoms with Crippen molar-refractivity contribution in [1.82, 2.24) is 5.32 Å². The Kier molecular flexibility index (Phi) is 2.91. The summed E-state index contributed by atoms with van der Waals surface area (Å²) >= 11 is 1.79. The Bertz CT molecular complexity index is 302. The summed E-state index contributed by atoms with van der Waals surface area (Å²) < 4.78 is 0. The summed E-state index contributed by atoms with van der Waals surface area (Å²) in [7, 11) is 0. The zero-order chi connectivity index (χ0) is 10.0. The lowest BCUT2D eigenvalue weighted by atomic mass is 9.90.